The lowest BCUT2D eigenvalue weighted by Crippen LogP contribution is -2.40. The second-order valence-corrected chi connectivity index (χ2v) is 5.35. The molecular formula is C14H11ClF3N3O3. The number of amides is 1. The quantitative estimate of drug-likeness (QED) is 0.889. The minimum Gasteiger partial charge on any atom is -0.322 e. The number of aromatic nitrogens is 2. The van der Waals surface area contributed by atoms with Crippen molar-refractivity contribution in [3.05, 3.63) is 61.4 Å². The molecule has 1 aromatic carbocycles. The Morgan fingerprint density at radius 2 is 1.83 bits per heavy atom. The first-order valence-corrected chi connectivity index (χ1v) is 6.85. The Labute approximate surface area is 138 Å². The molecule has 0 atom stereocenters. The normalized spacial score (nSPS) is 11.4. The minimum atomic E-state index is -4.69. The zero-order chi connectivity index (χ0) is 18.2. The molecule has 0 aliphatic rings. The zero-order valence-corrected chi connectivity index (χ0v) is 13.2. The number of nitrogens with zero attached hydrogens (tertiary/aromatic N) is 2. The fraction of sp³-hybridized carbons (Fsp3) is 0.214. The molecule has 6 nitrogen and oxygen atoms in total. The highest BCUT2D eigenvalue weighted by Crippen LogP contribution is 2.36. The molecule has 0 saturated carbocycles. The predicted octanol–water partition coefficient (Wildman–Crippen LogP) is 2.01. The zero-order valence-electron chi connectivity index (χ0n) is 12.4. The van der Waals surface area contributed by atoms with Crippen LogP contribution in [0.25, 0.3) is 0 Å². The number of hydrogen-bond acceptors (Lipinski definition) is 3. The van der Waals surface area contributed by atoms with E-state index in [4.69, 9.17) is 11.6 Å². The number of carbonyl (C=O) groups excluding carboxylic acids is 1. The summed E-state index contributed by atoms with van der Waals surface area (Å²) >= 11 is 5.49. The molecule has 128 valence electrons. The second kappa shape index (κ2) is 6.16. The van der Waals surface area contributed by atoms with Gasteiger partial charge in [-0.05, 0) is 18.2 Å². The van der Waals surface area contributed by atoms with Crippen LogP contribution in [0.4, 0.5) is 18.9 Å². The van der Waals surface area contributed by atoms with Gasteiger partial charge in [-0.2, -0.15) is 13.2 Å². The van der Waals surface area contributed by atoms with E-state index in [-0.39, 0.29) is 11.3 Å². The fourth-order valence-corrected chi connectivity index (χ4v) is 2.21. The summed E-state index contributed by atoms with van der Waals surface area (Å²) in [5, 5.41) is 1.67. The van der Waals surface area contributed by atoms with E-state index in [1.165, 1.54) is 20.2 Å². The van der Waals surface area contributed by atoms with E-state index in [1.54, 1.807) is 0 Å². The van der Waals surface area contributed by atoms with E-state index in [2.05, 4.69) is 5.32 Å². The van der Waals surface area contributed by atoms with Gasteiger partial charge in [0.25, 0.3) is 11.5 Å². The van der Waals surface area contributed by atoms with Gasteiger partial charge in [-0.25, -0.2) is 4.79 Å². The van der Waals surface area contributed by atoms with E-state index < -0.39 is 33.9 Å². The Morgan fingerprint density at radius 3 is 2.42 bits per heavy atom. The highest BCUT2D eigenvalue weighted by atomic mass is 35.5. The van der Waals surface area contributed by atoms with Gasteiger partial charge < -0.3 is 9.88 Å². The summed E-state index contributed by atoms with van der Waals surface area (Å²) < 4.78 is 40.2. The van der Waals surface area contributed by atoms with E-state index in [0.717, 1.165) is 21.4 Å². The van der Waals surface area contributed by atoms with Crippen LogP contribution in [-0.2, 0) is 20.3 Å². The monoisotopic (exact) mass is 361 g/mol. The number of carbonyl (C=O) groups is 1. The SMILES string of the molecule is Cn1cc(C(=O)Nc2ccc(Cl)c(C(F)(F)F)c2)c(=O)n(C)c1=O. The summed E-state index contributed by atoms with van der Waals surface area (Å²) in [6.07, 6.45) is -3.68. The summed E-state index contributed by atoms with van der Waals surface area (Å²) in [5.74, 6) is -0.943. The number of rotatable bonds is 2. The predicted molar refractivity (Wildman–Crippen MR) is 81.3 cm³/mol. The van der Waals surface area contributed by atoms with Crippen molar-refractivity contribution >= 4 is 23.2 Å². The van der Waals surface area contributed by atoms with E-state index >= 15 is 0 Å². The van der Waals surface area contributed by atoms with Gasteiger partial charge in [0.1, 0.15) is 5.56 Å². The molecule has 2 rings (SSSR count). The molecule has 0 spiro atoms. The topological polar surface area (TPSA) is 73.1 Å². The minimum absolute atomic E-state index is 0.187. The van der Waals surface area contributed by atoms with Gasteiger partial charge in [0.2, 0.25) is 0 Å². The summed E-state index contributed by atoms with van der Waals surface area (Å²) in [6, 6.07) is 2.81. The third-order valence-corrected chi connectivity index (χ3v) is 3.55. The molecule has 1 N–H and O–H groups in total. The number of alkyl halides is 3. The molecule has 24 heavy (non-hydrogen) atoms. The Hall–Kier alpha value is -2.55. The summed E-state index contributed by atoms with van der Waals surface area (Å²) in [4.78, 5) is 35.7. The van der Waals surface area contributed by atoms with Gasteiger partial charge >= 0.3 is 11.9 Å². The third kappa shape index (κ3) is 3.35. The van der Waals surface area contributed by atoms with Gasteiger partial charge in [0.15, 0.2) is 0 Å². The number of hydrogen-bond donors (Lipinski definition) is 1. The number of anilines is 1. The first-order valence-electron chi connectivity index (χ1n) is 6.47. The lowest BCUT2D eigenvalue weighted by atomic mass is 10.2. The molecule has 1 amide bonds. The molecule has 1 heterocycles. The molecule has 0 bridgehead atoms. The van der Waals surface area contributed by atoms with Crippen molar-refractivity contribution in [2.45, 2.75) is 6.18 Å². The third-order valence-electron chi connectivity index (χ3n) is 3.22. The molecule has 1 aromatic heterocycles. The second-order valence-electron chi connectivity index (χ2n) is 4.95. The van der Waals surface area contributed by atoms with Crippen LogP contribution in [-0.4, -0.2) is 15.0 Å². The van der Waals surface area contributed by atoms with Crippen molar-refractivity contribution in [1.82, 2.24) is 9.13 Å². The lowest BCUT2D eigenvalue weighted by Gasteiger charge is -2.12. The average Bonchev–Trinajstić information content (AvgIpc) is 2.49. The Bertz CT molecular complexity index is 932. The highest BCUT2D eigenvalue weighted by Gasteiger charge is 2.33. The Kier molecular flexibility index (Phi) is 4.57. The maximum absolute atomic E-state index is 12.8. The Balaban J connectivity index is 2.42. The maximum atomic E-state index is 12.8. The number of aryl methyl sites for hydroxylation is 1. The van der Waals surface area contributed by atoms with Crippen molar-refractivity contribution in [2.75, 3.05) is 5.32 Å². The van der Waals surface area contributed by atoms with Crippen LogP contribution in [0.2, 0.25) is 5.02 Å². The van der Waals surface area contributed by atoms with Crippen LogP contribution in [0.1, 0.15) is 15.9 Å². The Morgan fingerprint density at radius 1 is 1.21 bits per heavy atom. The van der Waals surface area contributed by atoms with Crippen molar-refractivity contribution in [3.63, 3.8) is 0 Å². The molecule has 0 aliphatic carbocycles. The van der Waals surface area contributed by atoms with Gasteiger partial charge in [-0.3, -0.25) is 14.2 Å². The first kappa shape index (κ1) is 17.8. The smallest absolute Gasteiger partial charge is 0.322 e. The molecule has 0 fully saturated rings. The van der Waals surface area contributed by atoms with Crippen LogP contribution < -0.4 is 16.6 Å². The van der Waals surface area contributed by atoms with Crippen LogP contribution in [0.3, 0.4) is 0 Å². The average molecular weight is 362 g/mol. The molecular weight excluding hydrogens is 351 g/mol. The van der Waals surface area contributed by atoms with Crippen LogP contribution in [0, 0.1) is 0 Å². The summed E-state index contributed by atoms with van der Waals surface area (Å²) in [6.45, 7) is 0. The maximum Gasteiger partial charge on any atom is 0.417 e. The van der Waals surface area contributed by atoms with Crippen molar-refractivity contribution < 1.29 is 18.0 Å². The number of benzene rings is 1. The number of halogens is 4. The van der Waals surface area contributed by atoms with Crippen LogP contribution in [0.15, 0.2) is 34.0 Å². The molecule has 0 unspecified atom stereocenters. The fourth-order valence-electron chi connectivity index (χ4n) is 1.98. The van der Waals surface area contributed by atoms with E-state index in [1.807, 2.05) is 0 Å². The van der Waals surface area contributed by atoms with Gasteiger partial charge in [0, 0.05) is 26.0 Å². The highest BCUT2D eigenvalue weighted by molar-refractivity contribution is 6.31. The molecule has 0 radical (unpaired) electrons. The van der Waals surface area contributed by atoms with E-state index in [0.29, 0.717) is 6.07 Å². The van der Waals surface area contributed by atoms with Crippen molar-refractivity contribution in [1.29, 1.82) is 0 Å². The standard InChI is InChI=1S/C14H11ClF3N3O3/c1-20-6-8(12(23)21(2)13(20)24)11(22)19-7-3-4-10(15)9(5-7)14(16,17)18/h3-6H,1-2H3,(H,19,22). The summed E-state index contributed by atoms with van der Waals surface area (Å²) in [5.41, 5.74) is -3.19. The first-order chi connectivity index (χ1) is 11.0. The van der Waals surface area contributed by atoms with E-state index in [9.17, 15) is 27.6 Å². The van der Waals surface area contributed by atoms with Crippen molar-refractivity contribution in [2.24, 2.45) is 14.1 Å². The molecule has 0 aliphatic heterocycles. The molecule has 10 heteroatoms. The lowest BCUT2D eigenvalue weighted by molar-refractivity contribution is -0.137. The van der Waals surface area contributed by atoms with Crippen LogP contribution >= 0.6 is 11.6 Å². The largest absolute Gasteiger partial charge is 0.417 e. The summed E-state index contributed by atoms with van der Waals surface area (Å²) in [7, 11) is 2.52. The molecule has 0 saturated heterocycles. The van der Waals surface area contributed by atoms with Gasteiger partial charge in [-0.1, -0.05) is 11.6 Å². The van der Waals surface area contributed by atoms with Gasteiger partial charge in [0.05, 0.1) is 10.6 Å². The molecule has 2 aromatic rings. The van der Waals surface area contributed by atoms with Crippen LogP contribution in [0.5, 0.6) is 0 Å². The van der Waals surface area contributed by atoms with Crippen molar-refractivity contribution in [3.8, 4) is 0 Å². The number of nitrogens with one attached hydrogen (secondary N) is 1. The van der Waals surface area contributed by atoms with Gasteiger partial charge in [-0.15, -0.1) is 0 Å².